The second-order valence-electron chi connectivity index (χ2n) is 4.87. The number of hydrogen-bond acceptors (Lipinski definition) is 3. The Morgan fingerprint density at radius 1 is 1.20 bits per heavy atom. The Bertz CT molecular complexity index is 540. The third-order valence-electron chi connectivity index (χ3n) is 3.15. The van der Waals surface area contributed by atoms with Gasteiger partial charge in [-0.3, -0.25) is 0 Å². The van der Waals surface area contributed by atoms with Crippen LogP contribution in [0, 0.1) is 6.92 Å². The zero-order chi connectivity index (χ0) is 14.4. The van der Waals surface area contributed by atoms with Crippen molar-refractivity contribution in [2.75, 3.05) is 6.54 Å². The van der Waals surface area contributed by atoms with Crippen molar-refractivity contribution < 1.29 is 0 Å². The van der Waals surface area contributed by atoms with Gasteiger partial charge in [0.05, 0.1) is 11.7 Å². The first-order chi connectivity index (χ1) is 9.69. The molecule has 0 radical (unpaired) electrons. The van der Waals surface area contributed by atoms with Crippen LogP contribution in [0.5, 0.6) is 0 Å². The maximum absolute atomic E-state index is 4.56. The van der Waals surface area contributed by atoms with Gasteiger partial charge >= 0.3 is 0 Å². The van der Waals surface area contributed by atoms with Gasteiger partial charge in [-0.2, -0.15) is 0 Å². The lowest BCUT2D eigenvalue weighted by atomic mass is 10.0. The predicted molar refractivity (Wildman–Crippen MR) is 85.6 cm³/mol. The average molecular weight is 334 g/mol. The highest BCUT2D eigenvalue weighted by atomic mass is 79.9. The molecule has 106 valence electrons. The van der Waals surface area contributed by atoms with E-state index in [-0.39, 0.29) is 6.04 Å². The standard InChI is InChI=1S/C16H20BrN3/c1-3-9-19-16(15-8-10-18-12(2)20-15)11-13-4-6-14(17)7-5-13/h4-8,10,16,19H,3,9,11H2,1-2H3. The molecule has 0 fully saturated rings. The monoisotopic (exact) mass is 333 g/mol. The minimum Gasteiger partial charge on any atom is -0.308 e. The summed E-state index contributed by atoms with van der Waals surface area (Å²) < 4.78 is 1.11. The van der Waals surface area contributed by atoms with Crippen molar-refractivity contribution in [3.63, 3.8) is 0 Å². The van der Waals surface area contributed by atoms with Crippen LogP contribution in [-0.2, 0) is 6.42 Å². The smallest absolute Gasteiger partial charge is 0.125 e. The minimum atomic E-state index is 0.234. The van der Waals surface area contributed by atoms with E-state index >= 15 is 0 Å². The van der Waals surface area contributed by atoms with Crippen LogP contribution in [-0.4, -0.2) is 16.5 Å². The number of nitrogens with zero attached hydrogens (tertiary/aromatic N) is 2. The first-order valence-corrected chi connectivity index (χ1v) is 7.75. The van der Waals surface area contributed by atoms with Gasteiger partial charge in [-0.25, -0.2) is 9.97 Å². The Hall–Kier alpha value is -1.26. The highest BCUT2D eigenvalue weighted by Crippen LogP contribution is 2.18. The van der Waals surface area contributed by atoms with Crippen molar-refractivity contribution in [3.05, 3.63) is 58.1 Å². The summed E-state index contributed by atoms with van der Waals surface area (Å²) >= 11 is 3.47. The summed E-state index contributed by atoms with van der Waals surface area (Å²) in [4.78, 5) is 8.73. The number of aryl methyl sites for hydroxylation is 1. The van der Waals surface area contributed by atoms with E-state index in [0.717, 1.165) is 35.4 Å². The van der Waals surface area contributed by atoms with Crippen molar-refractivity contribution in [2.24, 2.45) is 0 Å². The summed E-state index contributed by atoms with van der Waals surface area (Å²) in [5.74, 6) is 0.821. The fraction of sp³-hybridized carbons (Fsp3) is 0.375. The molecular weight excluding hydrogens is 314 g/mol. The molecule has 0 aliphatic carbocycles. The molecule has 1 aromatic heterocycles. The van der Waals surface area contributed by atoms with E-state index in [1.54, 1.807) is 0 Å². The lowest BCUT2D eigenvalue weighted by Gasteiger charge is -2.18. The molecule has 20 heavy (non-hydrogen) atoms. The summed E-state index contributed by atoms with van der Waals surface area (Å²) in [5.41, 5.74) is 2.37. The minimum absolute atomic E-state index is 0.234. The van der Waals surface area contributed by atoms with E-state index in [0.29, 0.717) is 0 Å². The van der Waals surface area contributed by atoms with Crippen LogP contribution in [0.2, 0.25) is 0 Å². The SMILES string of the molecule is CCCNC(Cc1ccc(Br)cc1)c1ccnc(C)n1. The van der Waals surface area contributed by atoms with E-state index in [1.165, 1.54) is 5.56 Å². The molecular formula is C16H20BrN3. The Kier molecular flexibility index (Phi) is 5.68. The Labute approximate surface area is 129 Å². The van der Waals surface area contributed by atoms with Crippen molar-refractivity contribution >= 4 is 15.9 Å². The van der Waals surface area contributed by atoms with Crippen LogP contribution < -0.4 is 5.32 Å². The highest BCUT2D eigenvalue weighted by Gasteiger charge is 2.13. The van der Waals surface area contributed by atoms with E-state index < -0.39 is 0 Å². The maximum Gasteiger partial charge on any atom is 0.125 e. The lowest BCUT2D eigenvalue weighted by molar-refractivity contribution is 0.515. The number of rotatable bonds is 6. The second kappa shape index (κ2) is 7.50. The zero-order valence-corrected chi connectivity index (χ0v) is 13.5. The van der Waals surface area contributed by atoms with Crippen LogP contribution in [0.3, 0.4) is 0 Å². The van der Waals surface area contributed by atoms with Gasteiger partial charge in [0.2, 0.25) is 0 Å². The zero-order valence-electron chi connectivity index (χ0n) is 11.9. The predicted octanol–water partition coefficient (Wildman–Crippen LogP) is 3.83. The molecule has 1 aromatic carbocycles. The quantitative estimate of drug-likeness (QED) is 0.872. The highest BCUT2D eigenvalue weighted by molar-refractivity contribution is 9.10. The van der Waals surface area contributed by atoms with Crippen LogP contribution in [0.1, 0.15) is 36.5 Å². The largest absolute Gasteiger partial charge is 0.308 e. The molecule has 1 atom stereocenters. The molecule has 0 bridgehead atoms. The van der Waals surface area contributed by atoms with Crippen molar-refractivity contribution in [1.82, 2.24) is 15.3 Å². The van der Waals surface area contributed by atoms with E-state index in [1.807, 2.05) is 19.2 Å². The van der Waals surface area contributed by atoms with E-state index in [9.17, 15) is 0 Å². The third-order valence-corrected chi connectivity index (χ3v) is 3.68. The van der Waals surface area contributed by atoms with Gasteiger partial charge in [0.25, 0.3) is 0 Å². The molecule has 2 rings (SSSR count). The molecule has 1 unspecified atom stereocenters. The third kappa shape index (κ3) is 4.39. The second-order valence-corrected chi connectivity index (χ2v) is 5.78. The van der Waals surface area contributed by atoms with Crippen LogP contribution in [0.15, 0.2) is 41.0 Å². The molecule has 3 nitrogen and oxygen atoms in total. The molecule has 0 saturated heterocycles. The first-order valence-electron chi connectivity index (χ1n) is 6.96. The van der Waals surface area contributed by atoms with Gasteiger partial charge in [-0.05, 0) is 50.1 Å². The summed E-state index contributed by atoms with van der Waals surface area (Å²) in [6.07, 6.45) is 3.88. The number of halogens is 1. The van der Waals surface area contributed by atoms with Gasteiger partial charge in [-0.15, -0.1) is 0 Å². The molecule has 0 aliphatic heterocycles. The first kappa shape index (κ1) is 15.1. The van der Waals surface area contributed by atoms with Crippen molar-refractivity contribution in [3.8, 4) is 0 Å². The Balaban J connectivity index is 2.16. The molecule has 0 amide bonds. The van der Waals surface area contributed by atoms with Crippen molar-refractivity contribution in [2.45, 2.75) is 32.7 Å². The average Bonchev–Trinajstić information content (AvgIpc) is 2.45. The molecule has 0 saturated carbocycles. The molecule has 0 spiro atoms. The number of benzene rings is 1. The summed E-state index contributed by atoms with van der Waals surface area (Å²) in [6.45, 7) is 5.10. The van der Waals surface area contributed by atoms with Gasteiger partial charge < -0.3 is 5.32 Å². The lowest BCUT2D eigenvalue weighted by Crippen LogP contribution is -2.25. The molecule has 2 aromatic rings. The Morgan fingerprint density at radius 3 is 2.60 bits per heavy atom. The fourth-order valence-electron chi connectivity index (χ4n) is 2.12. The topological polar surface area (TPSA) is 37.8 Å². The van der Waals surface area contributed by atoms with Gasteiger partial charge in [0.1, 0.15) is 5.82 Å². The van der Waals surface area contributed by atoms with E-state index in [2.05, 4.69) is 62.4 Å². The molecule has 1 heterocycles. The van der Waals surface area contributed by atoms with Gasteiger partial charge in [0, 0.05) is 10.7 Å². The van der Waals surface area contributed by atoms with Crippen LogP contribution >= 0.6 is 15.9 Å². The summed E-state index contributed by atoms with van der Waals surface area (Å²) in [5, 5.41) is 3.57. The number of nitrogens with one attached hydrogen (secondary N) is 1. The summed E-state index contributed by atoms with van der Waals surface area (Å²) in [7, 11) is 0. The normalized spacial score (nSPS) is 12.3. The Morgan fingerprint density at radius 2 is 1.95 bits per heavy atom. The number of hydrogen-bond donors (Lipinski definition) is 1. The summed E-state index contributed by atoms with van der Waals surface area (Å²) in [6, 6.07) is 10.7. The molecule has 4 heteroatoms. The van der Waals surface area contributed by atoms with Gasteiger partial charge in [-0.1, -0.05) is 35.0 Å². The number of aromatic nitrogens is 2. The van der Waals surface area contributed by atoms with Crippen molar-refractivity contribution in [1.29, 1.82) is 0 Å². The van der Waals surface area contributed by atoms with Gasteiger partial charge in [0.15, 0.2) is 0 Å². The van der Waals surface area contributed by atoms with Crippen LogP contribution in [0.25, 0.3) is 0 Å². The maximum atomic E-state index is 4.56. The molecule has 0 aliphatic rings. The van der Waals surface area contributed by atoms with Crippen LogP contribution in [0.4, 0.5) is 0 Å². The fourth-order valence-corrected chi connectivity index (χ4v) is 2.39. The molecule has 1 N–H and O–H groups in total. The van der Waals surface area contributed by atoms with E-state index in [4.69, 9.17) is 0 Å².